The molecule has 0 radical (unpaired) electrons. The SMILES string of the molecule is CCc1ccccc1C(=O)NCC[C@H]1CCCN1. The van der Waals surface area contributed by atoms with Crippen molar-refractivity contribution in [1.82, 2.24) is 10.6 Å². The average Bonchev–Trinajstić information content (AvgIpc) is 2.91. The number of benzene rings is 1. The molecule has 98 valence electrons. The third-order valence-corrected chi connectivity index (χ3v) is 3.58. The van der Waals surface area contributed by atoms with Crippen LogP contribution in [0.3, 0.4) is 0 Å². The van der Waals surface area contributed by atoms with Crippen LogP contribution < -0.4 is 10.6 Å². The summed E-state index contributed by atoms with van der Waals surface area (Å²) in [6, 6.07) is 8.42. The van der Waals surface area contributed by atoms with E-state index in [-0.39, 0.29) is 5.91 Å². The van der Waals surface area contributed by atoms with E-state index in [0.717, 1.165) is 37.1 Å². The molecule has 1 amide bonds. The van der Waals surface area contributed by atoms with Gasteiger partial charge in [0.05, 0.1) is 0 Å². The second-order valence-corrected chi connectivity index (χ2v) is 4.85. The first-order valence-electron chi connectivity index (χ1n) is 6.90. The van der Waals surface area contributed by atoms with Gasteiger partial charge in [0.2, 0.25) is 0 Å². The van der Waals surface area contributed by atoms with Crippen molar-refractivity contribution in [2.45, 2.75) is 38.6 Å². The second-order valence-electron chi connectivity index (χ2n) is 4.85. The standard InChI is InChI=1S/C15H22N2O/c1-2-12-6-3-4-8-14(12)15(18)17-11-9-13-7-5-10-16-13/h3-4,6,8,13,16H,2,5,7,9-11H2,1H3,(H,17,18)/t13-/m1/s1. The molecule has 0 unspecified atom stereocenters. The van der Waals surface area contributed by atoms with Crippen molar-refractivity contribution < 1.29 is 4.79 Å². The van der Waals surface area contributed by atoms with Gasteiger partial charge in [-0.1, -0.05) is 25.1 Å². The molecule has 1 fully saturated rings. The molecule has 3 nitrogen and oxygen atoms in total. The third-order valence-electron chi connectivity index (χ3n) is 3.58. The molecule has 3 heteroatoms. The van der Waals surface area contributed by atoms with E-state index in [4.69, 9.17) is 0 Å². The second kappa shape index (κ2) is 6.55. The van der Waals surface area contributed by atoms with Crippen LogP contribution in [0.1, 0.15) is 42.1 Å². The van der Waals surface area contributed by atoms with Crippen molar-refractivity contribution in [3.05, 3.63) is 35.4 Å². The van der Waals surface area contributed by atoms with Gasteiger partial charge in [-0.3, -0.25) is 4.79 Å². The number of carbonyl (C=O) groups excluding carboxylic acids is 1. The first kappa shape index (κ1) is 13.1. The van der Waals surface area contributed by atoms with Crippen molar-refractivity contribution in [2.75, 3.05) is 13.1 Å². The van der Waals surface area contributed by atoms with Crippen LogP contribution in [0.4, 0.5) is 0 Å². The maximum absolute atomic E-state index is 12.1. The van der Waals surface area contributed by atoms with Crippen molar-refractivity contribution in [1.29, 1.82) is 0 Å². The normalized spacial score (nSPS) is 18.8. The minimum atomic E-state index is 0.0606. The molecule has 1 aromatic rings. The number of hydrogen-bond acceptors (Lipinski definition) is 2. The van der Waals surface area contributed by atoms with Crippen LogP contribution in [0.25, 0.3) is 0 Å². The van der Waals surface area contributed by atoms with Gasteiger partial charge in [0.25, 0.3) is 5.91 Å². The van der Waals surface area contributed by atoms with E-state index in [2.05, 4.69) is 17.6 Å². The van der Waals surface area contributed by atoms with Gasteiger partial charge in [-0.15, -0.1) is 0 Å². The highest BCUT2D eigenvalue weighted by atomic mass is 16.1. The fraction of sp³-hybridized carbons (Fsp3) is 0.533. The molecule has 1 aliphatic heterocycles. The largest absolute Gasteiger partial charge is 0.352 e. The van der Waals surface area contributed by atoms with Gasteiger partial charge in [0.1, 0.15) is 0 Å². The summed E-state index contributed by atoms with van der Waals surface area (Å²) in [7, 11) is 0. The van der Waals surface area contributed by atoms with Crippen molar-refractivity contribution in [3.8, 4) is 0 Å². The number of carbonyl (C=O) groups is 1. The zero-order valence-corrected chi connectivity index (χ0v) is 11.0. The first-order valence-corrected chi connectivity index (χ1v) is 6.90. The molecule has 2 N–H and O–H groups in total. The van der Waals surface area contributed by atoms with E-state index in [9.17, 15) is 4.79 Å². The molecule has 1 heterocycles. The number of aryl methyl sites for hydroxylation is 1. The molecule has 0 aromatic heterocycles. The molecule has 0 spiro atoms. The fourth-order valence-corrected chi connectivity index (χ4v) is 2.51. The minimum Gasteiger partial charge on any atom is -0.352 e. The van der Waals surface area contributed by atoms with E-state index in [0.29, 0.717) is 6.04 Å². The number of nitrogens with one attached hydrogen (secondary N) is 2. The molecule has 1 aliphatic rings. The Morgan fingerprint density at radius 2 is 2.28 bits per heavy atom. The van der Waals surface area contributed by atoms with Gasteiger partial charge in [-0.05, 0) is 43.9 Å². The highest BCUT2D eigenvalue weighted by Gasteiger charge is 2.14. The maximum Gasteiger partial charge on any atom is 0.251 e. The van der Waals surface area contributed by atoms with Gasteiger partial charge in [-0.2, -0.15) is 0 Å². The Hall–Kier alpha value is -1.35. The van der Waals surface area contributed by atoms with E-state index in [1.165, 1.54) is 12.8 Å². The smallest absolute Gasteiger partial charge is 0.251 e. The fourth-order valence-electron chi connectivity index (χ4n) is 2.51. The molecule has 0 bridgehead atoms. The van der Waals surface area contributed by atoms with E-state index >= 15 is 0 Å². The molecule has 0 aliphatic carbocycles. The van der Waals surface area contributed by atoms with Crippen LogP contribution in [0.5, 0.6) is 0 Å². The lowest BCUT2D eigenvalue weighted by Crippen LogP contribution is -2.31. The first-order chi connectivity index (χ1) is 8.81. The van der Waals surface area contributed by atoms with Crippen molar-refractivity contribution >= 4 is 5.91 Å². The molecule has 1 aromatic carbocycles. The van der Waals surface area contributed by atoms with Gasteiger partial charge in [-0.25, -0.2) is 0 Å². The third kappa shape index (κ3) is 3.33. The topological polar surface area (TPSA) is 41.1 Å². The van der Waals surface area contributed by atoms with E-state index < -0.39 is 0 Å². The zero-order valence-electron chi connectivity index (χ0n) is 11.0. The van der Waals surface area contributed by atoms with Gasteiger partial charge < -0.3 is 10.6 Å². The summed E-state index contributed by atoms with van der Waals surface area (Å²) in [6.07, 6.45) is 4.42. The molecular formula is C15H22N2O. The van der Waals surface area contributed by atoms with Crippen LogP contribution in [-0.2, 0) is 6.42 Å². The Balaban J connectivity index is 1.83. The lowest BCUT2D eigenvalue weighted by Gasteiger charge is -2.12. The minimum absolute atomic E-state index is 0.0606. The number of amides is 1. The lowest BCUT2D eigenvalue weighted by molar-refractivity contribution is 0.0951. The molecular weight excluding hydrogens is 224 g/mol. The van der Waals surface area contributed by atoms with Gasteiger partial charge in [0, 0.05) is 18.2 Å². The summed E-state index contributed by atoms with van der Waals surface area (Å²) in [5.41, 5.74) is 1.94. The van der Waals surface area contributed by atoms with Crippen LogP contribution in [0, 0.1) is 0 Å². The predicted octanol–water partition coefficient (Wildman–Crippen LogP) is 2.12. The summed E-state index contributed by atoms with van der Waals surface area (Å²) in [4.78, 5) is 12.1. The number of rotatable bonds is 5. The molecule has 18 heavy (non-hydrogen) atoms. The maximum atomic E-state index is 12.1. The molecule has 2 rings (SSSR count). The summed E-state index contributed by atoms with van der Waals surface area (Å²) < 4.78 is 0. The van der Waals surface area contributed by atoms with Crippen LogP contribution in [0.2, 0.25) is 0 Å². The van der Waals surface area contributed by atoms with Crippen LogP contribution in [-0.4, -0.2) is 25.0 Å². The summed E-state index contributed by atoms with van der Waals surface area (Å²) in [5, 5.41) is 6.46. The monoisotopic (exact) mass is 246 g/mol. The number of hydrogen-bond donors (Lipinski definition) is 2. The van der Waals surface area contributed by atoms with Gasteiger partial charge in [0.15, 0.2) is 0 Å². The lowest BCUT2D eigenvalue weighted by atomic mass is 10.0. The Kier molecular flexibility index (Phi) is 4.76. The average molecular weight is 246 g/mol. The van der Waals surface area contributed by atoms with Crippen molar-refractivity contribution in [2.24, 2.45) is 0 Å². The van der Waals surface area contributed by atoms with Crippen LogP contribution >= 0.6 is 0 Å². The predicted molar refractivity (Wildman–Crippen MR) is 73.8 cm³/mol. The van der Waals surface area contributed by atoms with Gasteiger partial charge >= 0.3 is 0 Å². The summed E-state index contributed by atoms with van der Waals surface area (Å²) in [5.74, 6) is 0.0606. The highest BCUT2D eigenvalue weighted by molar-refractivity contribution is 5.95. The molecule has 0 saturated carbocycles. The Bertz CT molecular complexity index is 397. The summed E-state index contributed by atoms with van der Waals surface area (Å²) >= 11 is 0. The van der Waals surface area contributed by atoms with Crippen molar-refractivity contribution in [3.63, 3.8) is 0 Å². The van der Waals surface area contributed by atoms with Crippen LogP contribution in [0.15, 0.2) is 24.3 Å². The quantitative estimate of drug-likeness (QED) is 0.835. The Morgan fingerprint density at radius 1 is 1.44 bits per heavy atom. The summed E-state index contributed by atoms with van der Waals surface area (Å²) in [6.45, 7) is 3.96. The van der Waals surface area contributed by atoms with E-state index in [1.54, 1.807) is 0 Å². The Morgan fingerprint density at radius 3 is 3.00 bits per heavy atom. The Labute approximate surface area is 109 Å². The molecule has 1 atom stereocenters. The zero-order chi connectivity index (χ0) is 12.8. The van der Waals surface area contributed by atoms with E-state index in [1.807, 2.05) is 24.3 Å². The molecule has 1 saturated heterocycles. The highest BCUT2D eigenvalue weighted by Crippen LogP contribution is 2.10.